The molecular formula is C23H25N3O6. The normalized spacial score (nSPS) is 16.2. The van der Waals surface area contributed by atoms with Gasteiger partial charge in [0.25, 0.3) is 5.91 Å². The molecule has 0 saturated carbocycles. The largest absolute Gasteiger partial charge is 0.505 e. The number of rotatable bonds is 10. The number of carboxylic acids is 1. The monoisotopic (exact) mass is 439 g/mol. The minimum Gasteiger partial charge on any atom is -0.505 e. The van der Waals surface area contributed by atoms with Crippen LogP contribution in [0.4, 0.5) is 5.69 Å². The van der Waals surface area contributed by atoms with E-state index in [0.717, 1.165) is 12.0 Å². The Morgan fingerprint density at radius 1 is 1.09 bits per heavy atom. The zero-order chi connectivity index (χ0) is 23.3. The maximum absolute atomic E-state index is 12.6. The molecule has 1 aliphatic carbocycles. The second kappa shape index (κ2) is 9.97. The SMILES string of the molecule is CC[C@@H](NC1=C(Nc2cccc(C(=O)NCC(=O)O)c2O)C(=O)C1CO)c1ccccc1. The third-order valence-corrected chi connectivity index (χ3v) is 5.24. The lowest BCUT2D eigenvalue weighted by molar-refractivity contribution is -0.135. The smallest absolute Gasteiger partial charge is 0.322 e. The molecule has 0 radical (unpaired) electrons. The van der Waals surface area contributed by atoms with Crippen molar-refractivity contribution in [1.82, 2.24) is 10.6 Å². The fourth-order valence-corrected chi connectivity index (χ4v) is 3.52. The van der Waals surface area contributed by atoms with Gasteiger partial charge in [-0.25, -0.2) is 0 Å². The Kier molecular flexibility index (Phi) is 7.11. The first-order chi connectivity index (χ1) is 15.4. The fourth-order valence-electron chi connectivity index (χ4n) is 3.52. The second-order valence-corrected chi connectivity index (χ2v) is 7.31. The molecule has 2 aromatic rings. The highest BCUT2D eigenvalue weighted by molar-refractivity contribution is 6.09. The molecule has 0 aromatic heterocycles. The van der Waals surface area contributed by atoms with Gasteiger partial charge in [0.1, 0.15) is 12.2 Å². The minimum atomic E-state index is -1.22. The number of aliphatic carboxylic acids is 1. The number of aliphatic hydroxyl groups is 1. The van der Waals surface area contributed by atoms with Gasteiger partial charge in [0.2, 0.25) is 0 Å². The molecule has 2 atom stereocenters. The molecule has 1 amide bonds. The minimum absolute atomic E-state index is 0.0909. The molecule has 9 heteroatoms. The number of anilines is 1. The summed E-state index contributed by atoms with van der Waals surface area (Å²) in [6.45, 7) is 1.04. The van der Waals surface area contributed by atoms with E-state index in [0.29, 0.717) is 5.70 Å². The number of phenolic OH excluding ortho intramolecular Hbond substituents is 1. The van der Waals surface area contributed by atoms with Crippen molar-refractivity contribution in [3.05, 3.63) is 71.1 Å². The van der Waals surface area contributed by atoms with Crippen LogP contribution >= 0.6 is 0 Å². The molecule has 2 aromatic carbocycles. The van der Waals surface area contributed by atoms with Crippen molar-refractivity contribution in [2.45, 2.75) is 19.4 Å². The predicted molar refractivity (Wildman–Crippen MR) is 117 cm³/mol. The van der Waals surface area contributed by atoms with Crippen LogP contribution in [0.5, 0.6) is 5.75 Å². The van der Waals surface area contributed by atoms with Gasteiger partial charge in [-0.1, -0.05) is 43.3 Å². The van der Waals surface area contributed by atoms with Crippen molar-refractivity contribution in [2.24, 2.45) is 5.92 Å². The summed E-state index contributed by atoms with van der Waals surface area (Å²) in [5.41, 5.74) is 1.72. The summed E-state index contributed by atoms with van der Waals surface area (Å²) in [5, 5.41) is 37.3. The van der Waals surface area contributed by atoms with Crippen molar-refractivity contribution in [3.63, 3.8) is 0 Å². The standard InChI is InChI=1S/C23H25N3O6/c1-2-16(13-7-4-3-5-8-13)25-19-15(12-27)22(31)20(19)26-17-10-6-9-14(21(17)30)23(32)24-11-18(28)29/h3-10,15-16,25-27,30H,2,11-12H2,1H3,(H,24,32)(H,28,29)/t15?,16-/m1/s1. The van der Waals surface area contributed by atoms with Gasteiger partial charge >= 0.3 is 5.97 Å². The van der Waals surface area contributed by atoms with Crippen molar-refractivity contribution in [1.29, 1.82) is 0 Å². The van der Waals surface area contributed by atoms with Crippen molar-refractivity contribution in [2.75, 3.05) is 18.5 Å². The molecule has 0 heterocycles. The van der Waals surface area contributed by atoms with Gasteiger partial charge in [-0.15, -0.1) is 0 Å². The Hall–Kier alpha value is -3.85. The highest BCUT2D eigenvalue weighted by Crippen LogP contribution is 2.36. The number of ketones is 1. The van der Waals surface area contributed by atoms with Gasteiger partial charge < -0.3 is 31.3 Å². The number of hydrogen-bond donors (Lipinski definition) is 6. The Morgan fingerprint density at radius 3 is 2.44 bits per heavy atom. The number of amides is 1. The van der Waals surface area contributed by atoms with E-state index in [9.17, 15) is 24.6 Å². The molecule has 0 saturated heterocycles. The Bertz CT molecular complexity index is 1050. The topological polar surface area (TPSA) is 148 Å². The lowest BCUT2D eigenvalue weighted by Gasteiger charge is -2.35. The van der Waals surface area contributed by atoms with Gasteiger partial charge in [-0.2, -0.15) is 0 Å². The van der Waals surface area contributed by atoms with Gasteiger partial charge in [0.15, 0.2) is 11.5 Å². The maximum atomic E-state index is 12.6. The van der Waals surface area contributed by atoms with Crippen molar-refractivity contribution < 1.29 is 29.7 Å². The number of hydrogen-bond acceptors (Lipinski definition) is 7. The average Bonchev–Trinajstić information content (AvgIpc) is 2.79. The molecule has 0 fully saturated rings. The predicted octanol–water partition coefficient (Wildman–Crippen LogP) is 1.76. The number of carboxylic acid groups (broad SMARTS) is 1. The van der Waals surface area contributed by atoms with E-state index in [4.69, 9.17) is 5.11 Å². The number of para-hydroxylation sites is 1. The Labute approximate surface area is 184 Å². The van der Waals surface area contributed by atoms with E-state index >= 15 is 0 Å². The molecule has 6 N–H and O–H groups in total. The number of nitrogens with one attached hydrogen (secondary N) is 3. The summed E-state index contributed by atoms with van der Waals surface area (Å²) in [4.78, 5) is 35.4. The third kappa shape index (κ3) is 4.73. The van der Waals surface area contributed by atoms with Crippen LogP contribution in [0, 0.1) is 5.92 Å². The van der Waals surface area contributed by atoms with Crippen LogP contribution in [0.3, 0.4) is 0 Å². The summed E-state index contributed by atoms with van der Waals surface area (Å²) in [5.74, 6) is -3.42. The van der Waals surface area contributed by atoms with Crippen LogP contribution in [0.1, 0.15) is 35.3 Å². The summed E-state index contributed by atoms with van der Waals surface area (Å²) in [6, 6.07) is 13.9. The quantitative estimate of drug-likeness (QED) is 0.307. The first-order valence-corrected chi connectivity index (χ1v) is 10.2. The van der Waals surface area contributed by atoms with Gasteiger partial charge in [-0.05, 0) is 24.1 Å². The van der Waals surface area contributed by atoms with Crippen molar-refractivity contribution in [3.8, 4) is 5.75 Å². The average molecular weight is 439 g/mol. The van der Waals surface area contributed by atoms with E-state index in [1.54, 1.807) is 0 Å². The van der Waals surface area contributed by atoms with E-state index in [1.807, 2.05) is 37.3 Å². The van der Waals surface area contributed by atoms with E-state index in [1.165, 1.54) is 18.2 Å². The number of Topliss-reactive ketones (excluding diaryl/α,β-unsaturated/α-hetero) is 1. The molecular weight excluding hydrogens is 414 g/mol. The molecule has 0 aliphatic heterocycles. The third-order valence-electron chi connectivity index (χ3n) is 5.24. The van der Waals surface area contributed by atoms with Crippen LogP contribution in [0.25, 0.3) is 0 Å². The number of aliphatic hydroxyl groups excluding tert-OH is 1. The molecule has 168 valence electrons. The summed E-state index contributed by atoms with van der Waals surface area (Å²) in [6.07, 6.45) is 0.734. The summed E-state index contributed by atoms with van der Waals surface area (Å²) in [7, 11) is 0. The van der Waals surface area contributed by atoms with Crippen molar-refractivity contribution >= 4 is 23.3 Å². The van der Waals surface area contributed by atoms with E-state index in [2.05, 4.69) is 16.0 Å². The molecule has 1 unspecified atom stereocenters. The molecule has 3 rings (SSSR count). The first kappa shape index (κ1) is 22.8. The van der Waals surface area contributed by atoms with Crippen LogP contribution in [-0.2, 0) is 9.59 Å². The zero-order valence-electron chi connectivity index (χ0n) is 17.5. The Balaban J connectivity index is 1.87. The highest BCUT2D eigenvalue weighted by Gasteiger charge is 2.40. The van der Waals surface area contributed by atoms with E-state index < -0.39 is 30.1 Å². The number of carbonyl (C=O) groups is 3. The van der Waals surface area contributed by atoms with Crippen LogP contribution in [0.2, 0.25) is 0 Å². The fraction of sp³-hybridized carbons (Fsp3) is 0.261. The van der Waals surface area contributed by atoms with Crippen LogP contribution in [-0.4, -0.2) is 46.1 Å². The first-order valence-electron chi connectivity index (χ1n) is 10.2. The lowest BCUT2D eigenvalue weighted by atomic mass is 9.84. The number of allylic oxidation sites excluding steroid dienone is 1. The van der Waals surface area contributed by atoms with Gasteiger partial charge in [-0.3, -0.25) is 14.4 Å². The van der Waals surface area contributed by atoms with Gasteiger partial charge in [0, 0.05) is 0 Å². The molecule has 32 heavy (non-hydrogen) atoms. The number of aromatic hydroxyl groups is 1. The summed E-state index contributed by atoms with van der Waals surface area (Å²) < 4.78 is 0. The van der Waals surface area contributed by atoms with Crippen LogP contribution in [0.15, 0.2) is 59.9 Å². The number of benzene rings is 2. The zero-order valence-corrected chi connectivity index (χ0v) is 17.5. The second-order valence-electron chi connectivity index (χ2n) is 7.31. The Morgan fingerprint density at radius 2 is 1.81 bits per heavy atom. The molecule has 0 spiro atoms. The number of carbonyl (C=O) groups excluding carboxylic acids is 2. The van der Waals surface area contributed by atoms with Crippen LogP contribution < -0.4 is 16.0 Å². The number of phenols is 1. The lowest BCUT2D eigenvalue weighted by Crippen LogP contribution is -2.44. The van der Waals surface area contributed by atoms with E-state index in [-0.39, 0.29) is 35.4 Å². The highest BCUT2D eigenvalue weighted by atomic mass is 16.4. The molecule has 1 aliphatic rings. The maximum Gasteiger partial charge on any atom is 0.322 e. The van der Waals surface area contributed by atoms with Gasteiger partial charge in [0.05, 0.1) is 35.5 Å². The molecule has 0 bridgehead atoms. The summed E-state index contributed by atoms with van der Waals surface area (Å²) >= 11 is 0. The molecule has 9 nitrogen and oxygen atoms in total.